The van der Waals surface area contributed by atoms with Crippen molar-refractivity contribution < 1.29 is 18.3 Å². The lowest BCUT2D eigenvalue weighted by Gasteiger charge is -2.10. The molecule has 0 saturated carbocycles. The molecule has 0 bridgehead atoms. The number of amides is 1. The minimum atomic E-state index is -0.335. The van der Waals surface area contributed by atoms with Gasteiger partial charge in [0.05, 0.1) is 17.9 Å². The first kappa shape index (κ1) is 17.7. The largest absolute Gasteiger partial charge is 0.492 e. The van der Waals surface area contributed by atoms with Gasteiger partial charge in [-0.25, -0.2) is 4.39 Å². The molecule has 4 nitrogen and oxygen atoms in total. The monoisotopic (exact) mass is 353 g/mol. The summed E-state index contributed by atoms with van der Waals surface area (Å²) < 4.78 is 25.0. The summed E-state index contributed by atoms with van der Waals surface area (Å²) in [5.74, 6) is 1.26. The first-order chi connectivity index (χ1) is 12.7. The van der Waals surface area contributed by atoms with Crippen molar-refractivity contribution in [2.24, 2.45) is 0 Å². The molecule has 0 aliphatic carbocycles. The standard InChI is InChI=1S/C21H20FNO3/c1-2-25-20-10-6-5-9-18(20)23-21(24)14-12-15-11-13-19(26-15)16-7-3-4-8-17(16)22/h3-11,13H,2,12,14H2,1H3,(H,23,24). The zero-order valence-electron chi connectivity index (χ0n) is 14.5. The maximum absolute atomic E-state index is 13.8. The van der Waals surface area contributed by atoms with Crippen molar-refractivity contribution in [1.82, 2.24) is 0 Å². The van der Waals surface area contributed by atoms with Crippen LogP contribution in [0.1, 0.15) is 19.1 Å². The Hall–Kier alpha value is -3.08. The third kappa shape index (κ3) is 4.30. The molecule has 26 heavy (non-hydrogen) atoms. The molecule has 3 rings (SSSR count). The van der Waals surface area contributed by atoms with Crippen LogP contribution in [0.15, 0.2) is 65.1 Å². The Bertz CT molecular complexity index is 888. The lowest BCUT2D eigenvalue weighted by molar-refractivity contribution is -0.116. The SMILES string of the molecule is CCOc1ccccc1NC(=O)CCc1ccc(-c2ccccc2F)o1. The van der Waals surface area contributed by atoms with Gasteiger partial charge in [0.15, 0.2) is 0 Å². The average molecular weight is 353 g/mol. The van der Waals surface area contributed by atoms with Crippen LogP contribution in [-0.4, -0.2) is 12.5 Å². The van der Waals surface area contributed by atoms with E-state index in [4.69, 9.17) is 9.15 Å². The zero-order chi connectivity index (χ0) is 18.4. The quantitative estimate of drug-likeness (QED) is 0.646. The van der Waals surface area contributed by atoms with Crippen molar-refractivity contribution >= 4 is 11.6 Å². The number of carbonyl (C=O) groups is 1. The van der Waals surface area contributed by atoms with Crippen LogP contribution in [-0.2, 0) is 11.2 Å². The van der Waals surface area contributed by atoms with Crippen molar-refractivity contribution in [1.29, 1.82) is 0 Å². The van der Waals surface area contributed by atoms with E-state index in [1.54, 1.807) is 36.4 Å². The number of ether oxygens (including phenoxy) is 1. The Kier molecular flexibility index (Phi) is 5.69. The Labute approximate surface area is 151 Å². The van der Waals surface area contributed by atoms with E-state index in [1.807, 2.05) is 25.1 Å². The average Bonchev–Trinajstić information content (AvgIpc) is 3.11. The summed E-state index contributed by atoms with van der Waals surface area (Å²) in [6.45, 7) is 2.42. The Morgan fingerprint density at radius 2 is 1.85 bits per heavy atom. The fraction of sp³-hybridized carbons (Fsp3) is 0.190. The molecular formula is C21H20FNO3. The van der Waals surface area contributed by atoms with Gasteiger partial charge in [-0.05, 0) is 43.3 Å². The van der Waals surface area contributed by atoms with Gasteiger partial charge in [0, 0.05) is 12.8 Å². The second kappa shape index (κ2) is 8.34. The molecule has 1 amide bonds. The highest BCUT2D eigenvalue weighted by Gasteiger charge is 2.11. The van der Waals surface area contributed by atoms with Gasteiger partial charge in [-0.3, -0.25) is 4.79 Å². The summed E-state index contributed by atoms with van der Waals surface area (Å²) in [5, 5.41) is 2.85. The number of halogens is 1. The molecule has 0 radical (unpaired) electrons. The van der Waals surface area contributed by atoms with Crippen molar-refractivity contribution in [2.45, 2.75) is 19.8 Å². The van der Waals surface area contributed by atoms with Gasteiger partial charge in [0.2, 0.25) is 5.91 Å². The summed E-state index contributed by atoms with van der Waals surface area (Å²) in [7, 11) is 0. The predicted molar refractivity (Wildman–Crippen MR) is 98.7 cm³/mol. The fourth-order valence-corrected chi connectivity index (χ4v) is 2.62. The topological polar surface area (TPSA) is 51.5 Å². The van der Waals surface area contributed by atoms with E-state index in [1.165, 1.54) is 6.07 Å². The number of para-hydroxylation sites is 2. The fourth-order valence-electron chi connectivity index (χ4n) is 2.62. The molecule has 0 spiro atoms. The molecule has 134 valence electrons. The summed E-state index contributed by atoms with van der Waals surface area (Å²) in [4.78, 5) is 12.2. The number of aryl methyl sites for hydroxylation is 1. The summed E-state index contributed by atoms with van der Waals surface area (Å²) in [6, 6.07) is 17.2. The third-order valence-corrected chi connectivity index (χ3v) is 3.86. The van der Waals surface area contributed by atoms with Gasteiger partial charge in [-0.1, -0.05) is 24.3 Å². The van der Waals surface area contributed by atoms with Crippen LogP contribution in [0.25, 0.3) is 11.3 Å². The second-order valence-corrected chi connectivity index (χ2v) is 5.72. The highest BCUT2D eigenvalue weighted by Crippen LogP contribution is 2.26. The summed E-state index contributed by atoms with van der Waals surface area (Å²) in [5.41, 5.74) is 1.06. The highest BCUT2D eigenvalue weighted by atomic mass is 19.1. The number of nitrogens with one attached hydrogen (secondary N) is 1. The molecule has 3 aromatic rings. The van der Waals surface area contributed by atoms with Crippen LogP contribution in [0.3, 0.4) is 0 Å². The highest BCUT2D eigenvalue weighted by molar-refractivity contribution is 5.92. The molecule has 0 saturated heterocycles. The van der Waals surface area contributed by atoms with Gasteiger partial charge in [0.1, 0.15) is 23.1 Å². The van der Waals surface area contributed by atoms with Gasteiger partial charge in [-0.2, -0.15) is 0 Å². The summed E-state index contributed by atoms with van der Waals surface area (Å²) in [6.07, 6.45) is 0.682. The Balaban J connectivity index is 1.60. The van der Waals surface area contributed by atoms with Crippen LogP contribution >= 0.6 is 0 Å². The van der Waals surface area contributed by atoms with E-state index in [-0.39, 0.29) is 18.1 Å². The maximum atomic E-state index is 13.8. The minimum absolute atomic E-state index is 0.138. The van der Waals surface area contributed by atoms with Gasteiger partial charge < -0.3 is 14.5 Å². The molecule has 5 heteroatoms. The van der Waals surface area contributed by atoms with Gasteiger partial charge in [-0.15, -0.1) is 0 Å². The number of benzene rings is 2. The summed E-state index contributed by atoms with van der Waals surface area (Å²) >= 11 is 0. The number of hydrogen-bond acceptors (Lipinski definition) is 3. The maximum Gasteiger partial charge on any atom is 0.224 e. The van der Waals surface area contributed by atoms with Gasteiger partial charge in [0.25, 0.3) is 0 Å². The van der Waals surface area contributed by atoms with E-state index in [2.05, 4.69) is 5.32 Å². The van der Waals surface area contributed by atoms with Crippen LogP contribution in [0, 0.1) is 5.82 Å². The lowest BCUT2D eigenvalue weighted by Crippen LogP contribution is -2.13. The number of anilines is 1. The predicted octanol–water partition coefficient (Wildman–Crippen LogP) is 5.06. The molecule has 0 atom stereocenters. The van der Waals surface area contributed by atoms with Crippen LogP contribution in [0.4, 0.5) is 10.1 Å². The van der Waals surface area contributed by atoms with Crippen molar-refractivity contribution in [3.05, 3.63) is 72.2 Å². The number of furan rings is 1. The first-order valence-electron chi connectivity index (χ1n) is 8.52. The molecule has 1 heterocycles. The van der Waals surface area contributed by atoms with E-state index in [0.29, 0.717) is 41.5 Å². The first-order valence-corrected chi connectivity index (χ1v) is 8.52. The van der Waals surface area contributed by atoms with E-state index < -0.39 is 0 Å². The van der Waals surface area contributed by atoms with Crippen molar-refractivity contribution in [3.63, 3.8) is 0 Å². The molecule has 1 N–H and O–H groups in total. The molecule has 0 aliphatic rings. The molecule has 0 fully saturated rings. The number of rotatable bonds is 7. The van der Waals surface area contributed by atoms with E-state index >= 15 is 0 Å². The van der Waals surface area contributed by atoms with Crippen LogP contribution in [0.5, 0.6) is 5.75 Å². The van der Waals surface area contributed by atoms with Crippen molar-refractivity contribution in [2.75, 3.05) is 11.9 Å². The van der Waals surface area contributed by atoms with Gasteiger partial charge >= 0.3 is 0 Å². The molecule has 1 aromatic heterocycles. The smallest absolute Gasteiger partial charge is 0.224 e. The zero-order valence-corrected chi connectivity index (χ0v) is 14.5. The molecule has 0 aliphatic heterocycles. The Morgan fingerprint density at radius 3 is 2.65 bits per heavy atom. The molecule has 2 aromatic carbocycles. The number of carbonyl (C=O) groups excluding carboxylic acids is 1. The van der Waals surface area contributed by atoms with Crippen LogP contribution in [0.2, 0.25) is 0 Å². The molecular weight excluding hydrogens is 333 g/mol. The van der Waals surface area contributed by atoms with Crippen LogP contribution < -0.4 is 10.1 Å². The lowest BCUT2D eigenvalue weighted by atomic mass is 10.1. The third-order valence-electron chi connectivity index (χ3n) is 3.86. The Morgan fingerprint density at radius 1 is 1.08 bits per heavy atom. The minimum Gasteiger partial charge on any atom is -0.492 e. The second-order valence-electron chi connectivity index (χ2n) is 5.72. The van der Waals surface area contributed by atoms with E-state index in [0.717, 1.165) is 0 Å². The normalized spacial score (nSPS) is 10.5. The molecule has 0 unspecified atom stereocenters. The van der Waals surface area contributed by atoms with E-state index in [9.17, 15) is 9.18 Å². The van der Waals surface area contributed by atoms with Crippen molar-refractivity contribution in [3.8, 4) is 17.1 Å². The number of hydrogen-bond donors (Lipinski definition) is 1.